The summed E-state index contributed by atoms with van der Waals surface area (Å²) in [5, 5.41) is 2.95. The molecule has 1 atom stereocenters. The van der Waals surface area contributed by atoms with Gasteiger partial charge in [0.1, 0.15) is 6.54 Å². The Balaban J connectivity index is 1.41. The number of fused-ring (bicyclic) bond motifs is 1. The lowest BCUT2D eigenvalue weighted by Gasteiger charge is -2.22. The second-order valence-corrected chi connectivity index (χ2v) is 9.20. The van der Waals surface area contributed by atoms with Crippen LogP contribution in [0.5, 0.6) is 11.5 Å². The molecule has 0 saturated carbocycles. The smallest absolute Gasteiger partial charge is 0.240 e. The molecular formula is C27H28N2O4S. The third-order valence-electron chi connectivity index (χ3n) is 5.74. The van der Waals surface area contributed by atoms with Crippen molar-refractivity contribution in [3.63, 3.8) is 0 Å². The number of hydrogen-bond acceptors (Lipinski definition) is 5. The van der Waals surface area contributed by atoms with Gasteiger partial charge in [0.15, 0.2) is 11.5 Å². The molecule has 0 bridgehead atoms. The molecule has 1 aliphatic rings. The summed E-state index contributed by atoms with van der Waals surface area (Å²) < 4.78 is 10.6. The largest absolute Gasteiger partial charge is 0.493 e. The number of anilines is 1. The molecule has 0 unspecified atom stereocenters. The van der Waals surface area contributed by atoms with E-state index < -0.39 is 0 Å². The Morgan fingerprint density at radius 1 is 1.00 bits per heavy atom. The van der Waals surface area contributed by atoms with Crippen molar-refractivity contribution in [1.29, 1.82) is 0 Å². The highest BCUT2D eigenvalue weighted by Gasteiger charge is 2.30. The Hall–Kier alpha value is -3.45. The number of nitrogens with one attached hydrogen (secondary N) is 1. The van der Waals surface area contributed by atoms with E-state index in [-0.39, 0.29) is 23.6 Å². The third-order valence-corrected chi connectivity index (χ3v) is 7.07. The van der Waals surface area contributed by atoms with E-state index >= 15 is 0 Å². The predicted octanol–water partition coefficient (Wildman–Crippen LogP) is 4.63. The lowest BCUT2D eigenvalue weighted by Crippen LogP contribution is -2.41. The summed E-state index contributed by atoms with van der Waals surface area (Å²) >= 11 is 1.67. The summed E-state index contributed by atoms with van der Waals surface area (Å²) in [6.07, 6.45) is 0.977. The van der Waals surface area contributed by atoms with Gasteiger partial charge in [0.25, 0.3) is 0 Å². The number of nitrogens with zero attached hydrogens (tertiary/aromatic N) is 1. The molecular weight excluding hydrogens is 448 g/mol. The van der Waals surface area contributed by atoms with Crippen molar-refractivity contribution in [3.05, 3.63) is 83.9 Å². The van der Waals surface area contributed by atoms with Gasteiger partial charge >= 0.3 is 0 Å². The third kappa shape index (κ3) is 5.54. The molecule has 6 nitrogen and oxygen atoms in total. The minimum Gasteiger partial charge on any atom is -0.493 e. The van der Waals surface area contributed by atoms with Gasteiger partial charge in [-0.3, -0.25) is 9.59 Å². The first-order valence-corrected chi connectivity index (χ1v) is 12.1. The van der Waals surface area contributed by atoms with E-state index in [1.807, 2.05) is 72.8 Å². The Morgan fingerprint density at radius 3 is 2.50 bits per heavy atom. The Bertz CT molecular complexity index is 1150. The van der Waals surface area contributed by atoms with Crippen LogP contribution in [0.1, 0.15) is 22.8 Å². The van der Waals surface area contributed by atoms with Crippen LogP contribution in [0.3, 0.4) is 0 Å². The van der Waals surface area contributed by atoms with Crippen LogP contribution in [0.4, 0.5) is 5.69 Å². The molecule has 0 aromatic heterocycles. The molecule has 0 saturated heterocycles. The van der Waals surface area contributed by atoms with Crippen molar-refractivity contribution in [2.75, 3.05) is 32.2 Å². The van der Waals surface area contributed by atoms with E-state index in [1.165, 1.54) is 0 Å². The molecule has 7 heteroatoms. The number of methoxy groups -OCH3 is 2. The van der Waals surface area contributed by atoms with Crippen LogP contribution >= 0.6 is 11.8 Å². The van der Waals surface area contributed by atoms with Crippen molar-refractivity contribution in [1.82, 2.24) is 5.32 Å². The van der Waals surface area contributed by atoms with Gasteiger partial charge in [-0.05, 0) is 41.8 Å². The van der Waals surface area contributed by atoms with E-state index in [0.717, 1.165) is 21.7 Å². The zero-order chi connectivity index (χ0) is 23.9. The fourth-order valence-electron chi connectivity index (χ4n) is 3.99. The number of hydrogen-bond donors (Lipinski definition) is 1. The van der Waals surface area contributed by atoms with Gasteiger partial charge in [0.2, 0.25) is 11.8 Å². The molecule has 176 valence electrons. The molecule has 1 N–H and O–H groups in total. The number of carbonyl (C=O) groups excluding carboxylic acids is 2. The Kier molecular flexibility index (Phi) is 7.75. The van der Waals surface area contributed by atoms with Crippen LogP contribution in [-0.4, -0.2) is 39.1 Å². The number of amides is 2. The highest BCUT2D eigenvalue weighted by molar-refractivity contribution is 7.99. The fourth-order valence-corrected chi connectivity index (χ4v) is 5.27. The van der Waals surface area contributed by atoms with E-state index in [0.29, 0.717) is 30.9 Å². The second kappa shape index (κ2) is 11.1. The lowest BCUT2D eigenvalue weighted by molar-refractivity contribution is -0.123. The number of carbonyl (C=O) groups is 2. The topological polar surface area (TPSA) is 67.9 Å². The lowest BCUT2D eigenvalue weighted by atomic mass is 10.1. The maximum atomic E-state index is 13.2. The summed E-state index contributed by atoms with van der Waals surface area (Å²) in [5.41, 5.74) is 2.92. The molecule has 1 aliphatic heterocycles. The molecule has 0 radical (unpaired) electrons. The normalized spacial score (nSPS) is 15.3. The zero-order valence-electron chi connectivity index (χ0n) is 19.3. The Morgan fingerprint density at radius 2 is 1.74 bits per heavy atom. The summed E-state index contributed by atoms with van der Waals surface area (Å²) in [6, 6.07) is 23.5. The quantitative estimate of drug-likeness (QED) is 0.513. The van der Waals surface area contributed by atoms with Gasteiger partial charge in [-0.1, -0.05) is 48.5 Å². The number of para-hydroxylation sites is 1. The predicted molar refractivity (Wildman–Crippen MR) is 135 cm³/mol. The number of thioether (sulfide) groups is 1. The summed E-state index contributed by atoms with van der Waals surface area (Å²) in [7, 11) is 3.20. The van der Waals surface area contributed by atoms with Crippen molar-refractivity contribution >= 4 is 29.3 Å². The first-order valence-electron chi connectivity index (χ1n) is 11.2. The monoisotopic (exact) mass is 476 g/mol. The van der Waals surface area contributed by atoms with Gasteiger partial charge in [-0.2, -0.15) is 0 Å². The van der Waals surface area contributed by atoms with Gasteiger partial charge in [-0.25, -0.2) is 0 Å². The van der Waals surface area contributed by atoms with E-state index in [2.05, 4.69) is 5.32 Å². The zero-order valence-corrected chi connectivity index (χ0v) is 20.1. The molecule has 0 aliphatic carbocycles. The molecule has 3 aromatic rings. The van der Waals surface area contributed by atoms with E-state index in [9.17, 15) is 9.59 Å². The molecule has 3 aromatic carbocycles. The number of benzene rings is 3. The first kappa shape index (κ1) is 23.7. The van der Waals surface area contributed by atoms with Gasteiger partial charge in [-0.15, -0.1) is 11.8 Å². The maximum absolute atomic E-state index is 13.2. The Labute approximate surface area is 204 Å². The van der Waals surface area contributed by atoms with Crippen molar-refractivity contribution < 1.29 is 19.1 Å². The van der Waals surface area contributed by atoms with Crippen LogP contribution in [0.25, 0.3) is 0 Å². The highest BCUT2D eigenvalue weighted by Crippen LogP contribution is 2.45. The van der Waals surface area contributed by atoms with Crippen molar-refractivity contribution in [2.24, 2.45) is 0 Å². The van der Waals surface area contributed by atoms with Gasteiger partial charge in [0, 0.05) is 23.1 Å². The van der Waals surface area contributed by atoms with Crippen LogP contribution in [-0.2, 0) is 16.0 Å². The second-order valence-electron chi connectivity index (χ2n) is 7.96. The molecule has 4 rings (SSSR count). The number of rotatable bonds is 8. The summed E-state index contributed by atoms with van der Waals surface area (Å²) in [5.74, 6) is 1.08. The minimum atomic E-state index is -0.188. The summed E-state index contributed by atoms with van der Waals surface area (Å²) in [6.45, 7) is 0.448. The van der Waals surface area contributed by atoms with E-state index in [4.69, 9.17) is 9.47 Å². The SMILES string of the molecule is COc1ccc(CCNC(=O)CN2C(=O)C[C@H](c3ccccc3)Sc3ccccc32)cc1OC. The molecule has 1 heterocycles. The molecule has 34 heavy (non-hydrogen) atoms. The average Bonchev–Trinajstić information content (AvgIpc) is 3.01. The van der Waals surface area contributed by atoms with Crippen LogP contribution in [0.15, 0.2) is 77.7 Å². The van der Waals surface area contributed by atoms with Crippen LogP contribution in [0.2, 0.25) is 0 Å². The molecule has 2 amide bonds. The highest BCUT2D eigenvalue weighted by atomic mass is 32.2. The first-order chi connectivity index (χ1) is 16.6. The van der Waals surface area contributed by atoms with Crippen LogP contribution in [0, 0.1) is 0 Å². The number of ether oxygens (including phenoxy) is 2. The average molecular weight is 477 g/mol. The molecule has 0 fully saturated rings. The van der Waals surface area contributed by atoms with E-state index in [1.54, 1.807) is 30.9 Å². The minimum absolute atomic E-state index is 0.00737. The molecule has 0 spiro atoms. The van der Waals surface area contributed by atoms with Crippen LogP contribution < -0.4 is 19.7 Å². The van der Waals surface area contributed by atoms with Gasteiger partial charge < -0.3 is 19.7 Å². The van der Waals surface area contributed by atoms with Crippen molar-refractivity contribution in [2.45, 2.75) is 23.0 Å². The standard InChI is InChI=1S/C27H28N2O4S/c1-32-22-13-12-19(16-23(22)33-2)14-15-28-26(30)18-29-21-10-6-7-11-24(21)34-25(17-27(29)31)20-8-4-3-5-9-20/h3-13,16,25H,14-15,17-18H2,1-2H3,(H,28,30)/t25-/m1/s1. The summed E-state index contributed by atoms with van der Waals surface area (Å²) in [4.78, 5) is 28.6. The van der Waals surface area contributed by atoms with Gasteiger partial charge in [0.05, 0.1) is 19.9 Å². The van der Waals surface area contributed by atoms with Crippen molar-refractivity contribution in [3.8, 4) is 11.5 Å². The maximum Gasteiger partial charge on any atom is 0.240 e. The fraction of sp³-hybridized carbons (Fsp3) is 0.259.